The maximum absolute atomic E-state index is 13.0. The average Bonchev–Trinajstić information content (AvgIpc) is 3.05. The van der Waals surface area contributed by atoms with Crippen LogP contribution in [-0.2, 0) is 9.59 Å². The topological polar surface area (TPSA) is 74.1 Å². The molecule has 0 aromatic heterocycles. The number of para-hydroxylation sites is 1. The number of fused-ring (bicyclic) bond motifs is 3. The fourth-order valence-corrected chi connectivity index (χ4v) is 4.44. The number of anilines is 1. The Labute approximate surface area is 180 Å². The van der Waals surface area contributed by atoms with Crippen molar-refractivity contribution in [1.82, 2.24) is 4.90 Å². The number of nitrogens with zero attached hydrogens (tertiary/aromatic N) is 3. The van der Waals surface area contributed by atoms with E-state index in [1.54, 1.807) is 4.90 Å². The molecule has 0 saturated carbocycles. The Morgan fingerprint density at radius 3 is 2.80 bits per heavy atom. The Kier molecular flexibility index (Phi) is 5.72. The van der Waals surface area contributed by atoms with Gasteiger partial charge in [-0.2, -0.15) is 0 Å². The molecule has 0 aliphatic carbocycles. The van der Waals surface area contributed by atoms with Gasteiger partial charge in [0.2, 0.25) is 5.91 Å². The first-order chi connectivity index (χ1) is 14.5. The first-order valence-electron chi connectivity index (χ1n) is 10.1. The predicted molar refractivity (Wildman–Crippen MR) is 122 cm³/mol. The molecule has 0 fully saturated rings. The largest absolute Gasteiger partial charge is 0.325 e. The number of benzene rings is 2. The summed E-state index contributed by atoms with van der Waals surface area (Å²) >= 11 is 1.28. The fraction of sp³-hybridized carbons (Fsp3) is 0.304. The molecule has 0 spiro atoms. The van der Waals surface area contributed by atoms with Crippen molar-refractivity contribution in [2.24, 2.45) is 9.98 Å². The third-order valence-electron chi connectivity index (χ3n) is 5.05. The molecule has 6 nitrogen and oxygen atoms in total. The molecule has 7 heteroatoms. The van der Waals surface area contributed by atoms with E-state index < -0.39 is 11.3 Å². The Balaban J connectivity index is 1.58. The minimum atomic E-state index is -0.436. The Bertz CT molecular complexity index is 1060. The molecule has 2 amide bonds. The van der Waals surface area contributed by atoms with E-state index in [1.807, 2.05) is 69.3 Å². The van der Waals surface area contributed by atoms with Crippen LogP contribution >= 0.6 is 11.8 Å². The second kappa shape index (κ2) is 8.44. The standard InChI is InChI=1S/C23H24N4O2S/c1-4-8-19-22(29)27-20(25-19)17-11-5-6-12-18(17)26-23(27)30-15(3)21(28)24-16-10-7-9-14(2)13-16/h5-7,9-13,15,19H,4,8H2,1-3H3,(H,24,28)/t15-,19+/m1/s1. The third-order valence-corrected chi connectivity index (χ3v) is 6.10. The highest BCUT2D eigenvalue weighted by atomic mass is 32.2. The third kappa shape index (κ3) is 3.89. The first-order valence-corrected chi connectivity index (χ1v) is 11.0. The SMILES string of the molecule is CCC[C@@H]1N=C2c3ccccc3N=C(S[C@H](C)C(=O)Nc3cccc(C)c3)N2C1=O. The van der Waals surface area contributed by atoms with Crippen molar-refractivity contribution >= 4 is 46.0 Å². The minimum absolute atomic E-state index is 0.0705. The van der Waals surface area contributed by atoms with Crippen LogP contribution in [0.15, 0.2) is 58.5 Å². The zero-order valence-electron chi connectivity index (χ0n) is 17.3. The van der Waals surface area contributed by atoms with E-state index in [9.17, 15) is 9.59 Å². The molecule has 2 aromatic rings. The highest BCUT2D eigenvalue weighted by Crippen LogP contribution is 2.35. The summed E-state index contributed by atoms with van der Waals surface area (Å²) in [5.41, 5.74) is 3.45. The van der Waals surface area contributed by atoms with E-state index in [1.165, 1.54) is 11.8 Å². The van der Waals surface area contributed by atoms with Crippen molar-refractivity contribution in [2.75, 3.05) is 5.32 Å². The Morgan fingerprint density at radius 2 is 2.03 bits per heavy atom. The Morgan fingerprint density at radius 1 is 1.23 bits per heavy atom. The fourth-order valence-electron chi connectivity index (χ4n) is 3.52. The van der Waals surface area contributed by atoms with Crippen LogP contribution < -0.4 is 5.32 Å². The van der Waals surface area contributed by atoms with Crippen molar-refractivity contribution in [1.29, 1.82) is 0 Å². The van der Waals surface area contributed by atoms with E-state index in [0.29, 0.717) is 17.4 Å². The maximum Gasteiger partial charge on any atom is 0.259 e. The summed E-state index contributed by atoms with van der Waals surface area (Å²) in [6.07, 6.45) is 1.57. The molecule has 0 radical (unpaired) electrons. The number of amides is 2. The van der Waals surface area contributed by atoms with Gasteiger partial charge in [-0.1, -0.05) is 49.4 Å². The monoisotopic (exact) mass is 420 g/mol. The summed E-state index contributed by atoms with van der Waals surface area (Å²) < 4.78 is 0. The molecule has 2 atom stereocenters. The molecule has 2 aromatic carbocycles. The zero-order chi connectivity index (χ0) is 21.3. The van der Waals surface area contributed by atoms with Gasteiger partial charge in [0.05, 0.1) is 10.9 Å². The van der Waals surface area contributed by atoms with Gasteiger partial charge in [-0.25, -0.2) is 9.89 Å². The van der Waals surface area contributed by atoms with Crippen molar-refractivity contribution in [3.8, 4) is 0 Å². The van der Waals surface area contributed by atoms with Gasteiger partial charge < -0.3 is 5.32 Å². The van der Waals surface area contributed by atoms with Crippen LogP contribution in [0.4, 0.5) is 11.4 Å². The normalized spacial score (nSPS) is 18.3. The molecule has 4 rings (SSSR count). The van der Waals surface area contributed by atoms with Crippen LogP contribution in [0, 0.1) is 6.92 Å². The number of hydrogen-bond donors (Lipinski definition) is 1. The molecule has 30 heavy (non-hydrogen) atoms. The van der Waals surface area contributed by atoms with Crippen molar-refractivity contribution < 1.29 is 9.59 Å². The van der Waals surface area contributed by atoms with Crippen LogP contribution in [0.1, 0.15) is 37.8 Å². The number of aliphatic imine (C=N–C) groups is 2. The lowest BCUT2D eigenvalue weighted by molar-refractivity contribution is -0.124. The Hall–Kier alpha value is -2.93. The van der Waals surface area contributed by atoms with Gasteiger partial charge >= 0.3 is 0 Å². The summed E-state index contributed by atoms with van der Waals surface area (Å²) in [4.78, 5) is 36.8. The molecule has 154 valence electrons. The van der Waals surface area contributed by atoms with Crippen molar-refractivity contribution in [3.63, 3.8) is 0 Å². The second-order valence-electron chi connectivity index (χ2n) is 7.46. The van der Waals surface area contributed by atoms with Gasteiger partial charge in [0.15, 0.2) is 5.17 Å². The summed E-state index contributed by atoms with van der Waals surface area (Å²) in [5, 5.41) is 3.01. The number of carbonyl (C=O) groups excluding carboxylic acids is 2. The van der Waals surface area contributed by atoms with E-state index >= 15 is 0 Å². The van der Waals surface area contributed by atoms with Crippen LogP contribution in [-0.4, -0.2) is 39.0 Å². The molecule has 2 aliphatic heterocycles. The van der Waals surface area contributed by atoms with E-state index in [2.05, 4.69) is 5.32 Å². The van der Waals surface area contributed by atoms with Gasteiger partial charge in [0, 0.05) is 11.3 Å². The quantitative estimate of drug-likeness (QED) is 0.773. The molecule has 1 N–H and O–H groups in total. The number of nitrogens with one attached hydrogen (secondary N) is 1. The number of carbonyl (C=O) groups is 2. The number of aryl methyl sites for hydroxylation is 1. The van der Waals surface area contributed by atoms with Crippen LogP contribution in [0.25, 0.3) is 0 Å². The molecular weight excluding hydrogens is 396 g/mol. The van der Waals surface area contributed by atoms with E-state index in [0.717, 1.165) is 28.9 Å². The maximum atomic E-state index is 13.0. The van der Waals surface area contributed by atoms with Crippen LogP contribution in [0.2, 0.25) is 0 Å². The van der Waals surface area contributed by atoms with E-state index in [4.69, 9.17) is 9.98 Å². The first kappa shape index (κ1) is 20.3. The van der Waals surface area contributed by atoms with Crippen molar-refractivity contribution in [2.45, 2.75) is 44.9 Å². The van der Waals surface area contributed by atoms with Gasteiger partial charge in [0.1, 0.15) is 11.9 Å². The highest BCUT2D eigenvalue weighted by Gasteiger charge is 2.41. The average molecular weight is 421 g/mol. The lowest BCUT2D eigenvalue weighted by Gasteiger charge is -2.26. The van der Waals surface area contributed by atoms with Crippen molar-refractivity contribution in [3.05, 3.63) is 59.7 Å². The molecule has 2 heterocycles. The molecule has 2 aliphatic rings. The number of hydrogen-bond acceptors (Lipinski definition) is 5. The molecule has 0 unspecified atom stereocenters. The minimum Gasteiger partial charge on any atom is -0.325 e. The number of amidine groups is 2. The zero-order valence-corrected chi connectivity index (χ0v) is 18.1. The lowest BCUT2D eigenvalue weighted by Crippen LogP contribution is -2.42. The van der Waals surface area contributed by atoms with Crippen LogP contribution in [0.3, 0.4) is 0 Å². The molecular formula is C23H24N4O2S. The van der Waals surface area contributed by atoms with Gasteiger partial charge in [-0.3, -0.25) is 14.6 Å². The highest BCUT2D eigenvalue weighted by molar-refractivity contribution is 8.15. The summed E-state index contributed by atoms with van der Waals surface area (Å²) in [5.74, 6) is 0.430. The number of rotatable bonds is 5. The van der Waals surface area contributed by atoms with Gasteiger partial charge in [0.25, 0.3) is 5.91 Å². The summed E-state index contributed by atoms with van der Waals surface area (Å²) in [7, 11) is 0. The van der Waals surface area contributed by atoms with Gasteiger partial charge in [-0.05, 0) is 50.1 Å². The molecule has 0 saturated heterocycles. The number of thioether (sulfide) groups is 1. The summed E-state index contributed by atoms with van der Waals surface area (Å²) in [6, 6.07) is 15.0. The molecule has 0 bridgehead atoms. The predicted octanol–water partition coefficient (Wildman–Crippen LogP) is 4.51. The summed E-state index contributed by atoms with van der Waals surface area (Å²) in [6.45, 7) is 5.84. The smallest absolute Gasteiger partial charge is 0.259 e. The lowest BCUT2D eigenvalue weighted by atomic mass is 10.1. The van der Waals surface area contributed by atoms with Crippen LogP contribution in [0.5, 0.6) is 0 Å². The second-order valence-corrected chi connectivity index (χ2v) is 8.77. The van der Waals surface area contributed by atoms with E-state index in [-0.39, 0.29) is 11.8 Å². The van der Waals surface area contributed by atoms with Gasteiger partial charge in [-0.15, -0.1) is 0 Å².